The first-order chi connectivity index (χ1) is 9.75. The smallest absolute Gasteiger partial charge is 0.0346 e. The van der Waals surface area contributed by atoms with Crippen LogP contribution in [0.25, 0.3) is 10.8 Å². The monoisotopic (exact) mass is 268 g/mol. The zero-order valence-electron chi connectivity index (χ0n) is 12.5. The first-order valence-corrected chi connectivity index (χ1v) is 7.79. The molecule has 1 fully saturated rings. The predicted molar refractivity (Wildman–Crippen MR) is 84.9 cm³/mol. The number of nitrogens with one attached hydrogen (secondary N) is 1. The highest BCUT2D eigenvalue weighted by Gasteiger charge is 2.28. The lowest BCUT2D eigenvalue weighted by Crippen LogP contribution is -2.36. The minimum Gasteiger partial charge on any atom is -0.316 e. The third-order valence-corrected chi connectivity index (χ3v) is 4.48. The van der Waals surface area contributed by atoms with Gasteiger partial charge in [0.05, 0.1) is 0 Å². The van der Waals surface area contributed by atoms with Crippen molar-refractivity contribution in [3.63, 3.8) is 0 Å². The number of hydrogen-bond donors (Lipinski definition) is 1. The van der Waals surface area contributed by atoms with Crippen LogP contribution in [0.4, 0.5) is 0 Å². The standard InChI is InChI=1S/C18H24N2/c1-13(2)9-15-11-19-8-7-17(15)18-12-20-10-14-5-3-4-6-16(14)18/h3-6,10,12-13,15,17,19H,7-9,11H2,1-2H3. The zero-order chi connectivity index (χ0) is 13.9. The summed E-state index contributed by atoms with van der Waals surface area (Å²) in [6, 6.07) is 8.66. The van der Waals surface area contributed by atoms with Gasteiger partial charge in [0.15, 0.2) is 0 Å². The molecule has 1 saturated heterocycles. The van der Waals surface area contributed by atoms with Gasteiger partial charge in [-0.05, 0) is 54.6 Å². The molecule has 0 radical (unpaired) electrons. The number of aromatic nitrogens is 1. The molecule has 1 N–H and O–H groups in total. The highest BCUT2D eigenvalue weighted by Crippen LogP contribution is 2.37. The van der Waals surface area contributed by atoms with Crippen LogP contribution in [-0.2, 0) is 0 Å². The van der Waals surface area contributed by atoms with Crippen LogP contribution >= 0.6 is 0 Å². The van der Waals surface area contributed by atoms with E-state index in [1.165, 1.54) is 29.2 Å². The van der Waals surface area contributed by atoms with Crippen molar-refractivity contribution >= 4 is 10.8 Å². The van der Waals surface area contributed by atoms with E-state index in [-0.39, 0.29) is 0 Å². The van der Waals surface area contributed by atoms with Crippen molar-refractivity contribution in [2.24, 2.45) is 11.8 Å². The first-order valence-electron chi connectivity index (χ1n) is 7.79. The minimum atomic E-state index is 0.650. The third kappa shape index (κ3) is 2.71. The maximum absolute atomic E-state index is 4.48. The molecule has 3 rings (SSSR count). The summed E-state index contributed by atoms with van der Waals surface area (Å²) in [4.78, 5) is 4.48. The van der Waals surface area contributed by atoms with Crippen molar-refractivity contribution in [1.82, 2.24) is 10.3 Å². The van der Waals surface area contributed by atoms with Crippen molar-refractivity contribution in [2.75, 3.05) is 13.1 Å². The van der Waals surface area contributed by atoms with E-state index in [0.717, 1.165) is 24.9 Å². The molecule has 1 aliphatic rings. The normalized spacial score (nSPS) is 23.4. The maximum atomic E-state index is 4.48. The fourth-order valence-electron chi connectivity index (χ4n) is 3.62. The Kier molecular flexibility index (Phi) is 4.02. The van der Waals surface area contributed by atoms with Gasteiger partial charge in [0, 0.05) is 17.8 Å². The molecule has 2 atom stereocenters. The van der Waals surface area contributed by atoms with Gasteiger partial charge >= 0.3 is 0 Å². The number of benzene rings is 1. The summed E-state index contributed by atoms with van der Waals surface area (Å²) in [6.07, 6.45) is 6.61. The third-order valence-electron chi connectivity index (χ3n) is 4.48. The molecule has 0 aliphatic carbocycles. The van der Waals surface area contributed by atoms with Crippen LogP contribution < -0.4 is 5.32 Å². The van der Waals surface area contributed by atoms with Gasteiger partial charge in [0.2, 0.25) is 0 Å². The molecule has 0 bridgehead atoms. The molecule has 1 aliphatic heterocycles. The Morgan fingerprint density at radius 2 is 2.10 bits per heavy atom. The number of nitrogens with zero attached hydrogens (tertiary/aromatic N) is 1. The van der Waals surface area contributed by atoms with Crippen LogP contribution in [-0.4, -0.2) is 18.1 Å². The molecule has 0 spiro atoms. The molecule has 20 heavy (non-hydrogen) atoms. The highest BCUT2D eigenvalue weighted by molar-refractivity contribution is 5.85. The Balaban J connectivity index is 1.99. The molecule has 2 heterocycles. The van der Waals surface area contributed by atoms with Crippen molar-refractivity contribution in [2.45, 2.75) is 32.6 Å². The summed E-state index contributed by atoms with van der Waals surface area (Å²) in [5.41, 5.74) is 1.45. The average molecular weight is 268 g/mol. The second-order valence-corrected chi connectivity index (χ2v) is 6.44. The molecule has 106 valence electrons. The zero-order valence-corrected chi connectivity index (χ0v) is 12.5. The molecule has 2 heteroatoms. The second kappa shape index (κ2) is 5.92. The molecule has 0 saturated carbocycles. The van der Waals surface area contributed by atoms with E-state index < -0.39 is 0 Å². The molecular weight excluding hydrogens is 244 g/mol. The van der Waals surface area contributed by atoms with E-state index in [1.807, 2.05) is 6.20 Å². The summed E-state index contributed by atoms with van der Waals surface area (Å²) in [6.45, 7) is 6.93. The maximum Gasteiger partial charge on any atom is 0.0346 e. The van der Waals surface area contributed by atoms with Gasteiger partial charge in [-0.2, -0.15) is 0 Å². The van der Waals surface area contributed by atoms with Gasteiger partial charge in [-0.25, -0.2) is 0 Å². The first kappa shape index (κ1) is 13.6. The molecule has 1 aromatic heterocycles. The number of pyridine rings is 1. The molecule has 2 unspecified atom stereocenters. The molecule has 2 aromatic rings. The fourth-order valence-corrected chi connectivity index (χ4v) is 3.62. The molecular formula is C18H24N2. The summed E-state index contributed by atoms with van der Waals surface area (Å²) in [5, 5.41) is 6.23. The van der Waals surface area contributed by atoms with Crippen molar-refractivity contribution in [3.8, 4) is 0 Å². The van der Waals surface area contributed by atoms with Gasteiger partial charge in [-0.1, -0.05) is 38.1 Å². The van der Waals surface area contributed by atoms with Gasteiger partial charge in [-0.3, -0.25) is 4.98 Å². The Hall–Kier alpha value is -1.41. The SMILES string of the molecule is CC(C)CC1CNCCC1c1cncc2ccccc12. The predicted octanol–water partition coefficient (Wildman–Crippen LogP) is 3.97. The minimum absolute atomic E-state index is 0.650. The van der Waals surface area contributed by atoms with Crippen molar-refractivity contribution < 1.29 is 0 Å². The number of piperidine rings is 1. The Morgan fingerprint density at radius 3 is 2.95 bits per heavy atom. The van der Waals surface area contributed by atoms with E-state index in [4.69, 9.17) is 0 Å². The van der Waals surface area contributed by atoms with E-state index >= 15 is 0 Å². The quantitative estimate of drug-likeness (QED) is 0.911. The van der Waals surface area contributed by atoms with Gasteiger partial charge in [-0.15, -0.1) is 0 Å². The second-order valence-electron chi connectivity index (χ2n) is 6.44. The summed E-state index contributed by atoms with van der Waals surface area (Å²) >= 11 is 0. The average Bonchev–Trinajstić information content (AvgIpc) is 2.47. The number of fused-ring (bicyclic) bond motifs is 1. The topological polar surface area (TPSA) is 24.9 Å². The molecule has 1 aromatic carbocycles. The summed E-state index contributed by atoms with van der Waals surface area (Å²) in [7, 11) is 0. The van der Waals surface area contributed by atoms with Gasteiger partial charge < -0.3 is 5.32 Å². The van der Waals surface area contributed by atoms with E-state index in [1.54, 1.807) is 0 Å². The Labute approximate surface area is 121 Å². The van der Waals surface area contributed by atoms with Crippen LogP contribution in [0.15, 0.2) is 36.7 Å². The Bertz CT molecular complexity index is 571. The molecule has 0 amide bonds. The lowest BCUT2D eigenvalue weighted by atomic mass is 9.76. The number of rotatable bonds is 3. The van der Waals surface area contributed by atoms with E-state index in [2.05, 4.69) is 54.6 Å². The largest absolute Gasteiger partial charge is 0.316 e. The van der Waals surface area contributed by atoms with Crippen LogP contribution in [0, 0.1) is 11.8 Å². The fraction of sp³-hybridized carbons (Fsp3) is 0.500. The van der Waals surface area contributed by atoms with Crippen LogP contribution in [0.3, 0.4) is 0 Å². The van der Waals surface area contributed by atoms with Crippen LogP contribution in [0.5, 0.6) is 0 Å². The van der Waals surface area contributed by atoms with Gasteiger partial charge in [0.1, 0.15) is 0 Å². The van der Waals surface area contributed by atoms with Crippen molar-refractivity contribution in [3.05, 3.63) is 42.2 Å². The van der Waals surface area contributed by atoms with Crippen LogP contribution in [0.1, 0.15) is 38.2 Å². The molecule has 2 nitrogen and oxygen atoms in total. The van der Waals surface area contributed by atoms with Crippen LogP contribution in [0.2, 0.25) is 0 Å². The summed E-state index contributed by atoms with van der Waals surface area (Å²) in [5.74, 6) is 2.14. The van der Waals surface area contributed by atoms with E-state index in [9.17, 15) is 0 Å². The Morgan fingerprint density at radius 1 is 1.25 bits per heavy atom. The highest BCUT2D eigenvalue weighted by atomic mass is 14.9. The number of hydrogen-bond acceptors (Lipinski definition) is 2. The van der Waals surface area contributed by atoms with Gasteiger partial charge in [0.25, 0.3) is 0 Å². The lowest BCUT2D eigenvalue weighted by Gasteiger charge is -2.34. The van der Waals surface area contributed by atoms with Crippen molar-refractivity contribution in [1.29, 1.82) is 0 Å². The summed E-state index contributed by atoms with van der Waals surface area (Å²) < 4.78 is 0. The van der Waals surface area contributed by atoms with E-state index in [0.29, 0.717) is 5.92 Å². The lowest BCUT2D eigenvalue weighted by molar-refractivity contribution is 0.281.